The van der Waals surface area contributed by atoms with Crippen LogP contribution in [0.1, 0.15) is 29.6 Å². The highest BCUT2D eigenvalue weighted by Gasteiger charge is 2.46. The molecule has 0 saturated heterocycles. The monoisotopic (exact) mass is 300 g/mol. The highest BCUT2D eigenvalue weighted by atomic mass is 19.1. The molecule has 0 bridgehead atoms. The zero-order valence-electron chi connectivity index (χ0n) is 10.6. The minimum Gasteiger partial charge on any atom is -0.480 e. The Balaban J connectivity index is 2.36. The highest BCUT2D eigenvalue weighted by Crippen LogP contribution is 2.33. The SMILES string of the molecule is O=C(NC1(C(=O)O)CCC1)c1cc(F)cc([N+](=O)[O-])c1F. The van der Waals surface area contributed by atoms with Crippen molar-refractivity contribution in [1.82, 2.24) is 5.32 Å². The van der Waals surface area contributed by atoms with Gasteiger partial charge >= 0.3 is 11.7 Å². The van der Waals surface area contributed by atoms with Crippen LogP contribution in [0, 0.1) is 21.7 Å². The van der Waals surface area contributed by atoms with Crippen molar-refractivity contribution in [2.45, 2.75) is 24.8 Å². The summed E-state index contributed by atoms with van der Waals surface area (Å²) < 4.78 is 27.1. The molecular weight excluding hydrogens is 290 g/mol. The molecule has 7 nitrogen and oxygen atoms in total. The van der Waals surface area contributed by atoms with Gasteiger partial charge in [-0.1, -0.05) is 0 Å². The topological polar surface area (TPSA) is 110 Å². The van der Waals surface area contributed by atoms with E-state index in [2.05, 4.69) is 5.32 Å². The van der Waals surface area contributed by atoms with E-state index in [4.69, 9.17) is 5.11 Å². The number of carbonyl (C=O) groups is 2. The summed E-state index contributed by atoms with van der Waals surface area (Å²) in [6, 6.07) is 0.842. The van der Waals surface area contributed by atoms with Crippen molar-refractivity contribution in [3.8, 4) is 0 Å². The zero-order valence-corrected chi connectivity index (χ0v) is 10.6. The first-order valence-electron chi connectivity index (χ1n) is 5.96. The van der Waals surface area contributed by atoms with E-state index in [-0.39, 0.29) is 12.8 Å². The molecule has 9 heteroatoms. The van der Waals surface area contributed by atoms with Crippen LogP contribution in [-0.2, 0) is 4.79 Å². The first-order valence-corrected chi connectivity index (χ1v) is 5.96. The summed E-state index contributed by atoms with van der Waals surface area (Å²) in [7, 11) is 0. The molecule has 1 saturated carbocycles. The lowest BCUT2D eigenvalue weighted by Gasteiger charge is -2.38. The van der Waals surface area contributed by atoms with Gasteiger partial charge in [-0.05, 0) is 25.3 Å². The second-order valence-corrected chi connectivity index (χ2v) is 4.74. The van der Waals surface area contributed by atoms with Gasteiger partial charge in [-0.15, -0.1) is 0 Å². The van der Waals surface area contributed by atoms with Gasteiger partial charge in [0.05, 0.1) is 16.6 Å². The number of rotatable bonds is 4. The lowest BCUT2D eigenvalue weighted by Crippen LogP contribution is -2.59. The molecule has 0 unspecified atom stereocenters. The number of aliphatic carboxylic acids is 1. The van der Waals surface area contributed by atoms with Gasteiger partial charge in [0.2, 0.25) is 5.82 Å². The molecule has 0 aliphatic heterocycles. The first-order chi connectivity index (χ1) is 9.77. The predicted octanol–water partition coefficient (Wildman–Crippen LogP) is 1.61. The van der Waals surface area contributed by atoms with Crippen molar-refractivity contribution in [3.05, 3.63) is 39.4 Å². The third-order valence-electron chi connectivity index (χ3n) is 3.43. The van der Waals surface area contributed by atoms with E-state index < -0.39 is 45.2 Å². The molecule has 0 heterocycles. The van der Waals surface area contributed by atoms with Crippen molar-refractivity contribution in [1.29, 1.82) is 0 Å². The maximum Gasteiger partial charge on any atom is 0.329 e. The molecule has 1 aromatic carbocycles. The van der Waals surface area contributed by atoms with Crippen LogP contribution in [-0.4, -0.2) is 27.4 Å². The molecule has 21 heavy (non-hydrogen) atoms. The summed E-state index contributed by atoms with van der Waals surface area (Å²) >= 11 is 0. The van der Waals surface area contributed by atoms with Gasteiger partial charge in [-0.2, -0.15) is 4.39 Å². The lowest BCUT2D eigenvalue weighted by molar-refractivity contribution is -0.387. The Morgan fingerprint density at radius 1 is 1.33 bits per heavy atom. The number of nitrogens with one attached hydrogen (secondary N) is 1. The summed E-state index contributed by atoms with van der Waals surface area (Å²) in [6.07, 6.45) is 0.887. The fourth-order valence-corrected chi connectivity index (χ4v) is 2.08. The average molecular weight is 300 g/mol. The maximum absolute atomic E-state index is 13.8. The Morgan fingerprint density at radius 3 is 2.38 bits per heavy atom. The Labute approximate surface area is 116 Å². The number of nitrogens with zero attached hydrogens (tertiary/aromatic N) is 1. The second-order valence-electron chi connectivity index (χ2n) is 4.74. The number of hydrogen-bond donors (Lipinski definition) is 2. The summed E-state index contributed by atoms with van der Waals surface area (Å²) in [4.78, 5) is 32.4. The summed E-state index contributed by atoms with van der Waals surface area (Å²) in [5, 5.41) is 21.8. The van der Waals surface area contributed by atoms with Crippen LogP contribution in [0.4, 0.5) is 14.5 Å². The predicted molar refractivity (Wildman–Crippen MR) is 64.7 cm³/mol. The van der Waals surface area contributed by atoms with Crippen molar-refractivity contribution in [2.75, 3.05) is 0 Å². The number of amides is 1. The molecule has 1 aromatic rings. The molecule has 112 valence electrons. The molecule has 2 rings (SSSR count). The van der Waals surface area contributed by atoms with Gasteiger partial charge in [-0.25, -0.2) is 9.18 Å². The number of nitro benzene ring substituents is 1. The number of carboxylic acids is 1. The average Bonchev–Trinajstić information content (AvgIpc) is 2.35. The van der Waals surface area contributed by atoms with E-state index in [1.165, 1.54) is 0 Å². The third-order valence-corrected chi connectivity index (χ3v) is 3.43. The normalized spacial score (nSPS) is 15.9. The number of halogens is 2. The first kappa shape index (κ1) is 14.8. The van der Waals surface area contributed by atoms with Gasteiger partial charge < -0.3 is 10.4 Å². The molecule has 1 aliphatic carbocycles. The van der Waals surface area contributed by atoms with Crippen LogP contribution in [0.3, 0.4) is 0 Å². The molecule has 1 fully saturated rings. The van der Waals surface area contributed by atoms with Crippen molar-refractivity contribution in [3.63, 3.8) is 0 Å². The third kappa shape index (κ3) is 2.54. The quantitative estimate of drug-likeness (QED) is 0.648. The largest absolute Gasteiger partial charge is 0.480 e. The number of hydrogen-bond acceptors (Lipinski definition) is 4. The number of carboxylic acid groups (broad SMARTS) is 1. The van der Waals surface area contributed by atoms with Crippen LogP contribution in [0.5, 0.6) is 0 Å². The summed E-state index contributed by atoms with van der Waals surface area (Å²) in [5.41, 5.74) is -3.60. The molecule has 0 radical (unpaired) electrons. The van der Waals surface area contributed by atoms with Crippen LogP contribution in [0.25, 0.3) is 0 Å². The fourth-order valence-electron chi connectivity index (χ4n) is 2.08. The Bertz CT molecular complexity index is 643. The van der Waals surface area contributed by atoms with E-state index in [0.29, 0.717) is 18.6 Å². The smallest absolute Gasteiger partial charge is 0.329 e. The van der Waals surface area contributed by atoms with Crippen LogP contribution >= 0.6 is 0 Å². The van der Waals surface area contributed by atoms with Crippen LogP contribution in [0.15, 0.2) is 12.1 Å². The molecule has 0 aromatic heterocycles. The Morgan fingerprint density at radius 2 is 1.95 bits per heavy atom. The lowest BCUT2D eigenvalue weighted by atomic mass is 9.76. The number of nitro groups is 1. The molecule has 1 aliphatic rings. The Hall–Kier alpha value is -2.58. The minimum absolute atomic E-state index is 0.160. The van der Waals surface area contributed by atoms with E-state index in [1.807, 2.05) is 0 Å². The van der Waals surface area contributed by atoms with Crippen molar-refractivity contribution < 1.29 is 28.4 Å². The minimum atomic E-state index is -1.52. The highest BCUT2D eigenvalue weighted by molar-refractivity contribution is 5.99. The zero-order chi connectivity index (χ0) is 15.8. The fraction of sp³-hybridized carbons (Fsp3) is 0.333. The molecule has 1 amide bonds. The molecule has 0 spiro atoms. The van der Waals surface area contributed by atoms with Crippen molar-refractivity contribution >= 4 is 17.6 Å². The van der Waals surface area contributed by atoms with E-state index in [1.54, 1.807) is 0 Å². The number of carbonyl (C=O) groups excluding carboxylic acids is 1. The van der Waals surface area contributed by atoms with E-state index >= 15 is 0 Å². The van der Waals surface area contributed by atoms with Gasteiger partial charge in [-0.3, -0.25) is 14.9 Å². The molecule has 0 atom stereocenters. The molecular formula is C12H10F2N2O5. The Kier molecular flexibility index (Phi) is 3.58. The van der Waals surface area contributed by atoms with Gasteiger partial charge in [0.25, 0.3) is 5.91 Å². The molecule has 2 N–H and O–H groups in total. The second kappa shape index (κ2) is 5.08. The standard InChI is InChI=1S/C12H10F2N2O5/c13-6-4-7(9(14)8(5-6)16(20)21)10(17)15-12(11(18)19)2-1-3-12/h4-5H,1-3H2,(H,15,17)(H,18,19). The van der Waals surface area contributed by atoms with E-state index in [9.17, 15) is 28.5 Å². The number of benzene rings is 1. The summed E-state index contributed by atoms with van der Waals surface area (Å²) in [5.74, 6) is -5.14. The van der Waals surface area contributed by atoms with Crippen LogP contribution < -0.4 is 5.32 Å². The maximum atomic E-state index is 13.8. The van der Waals surface area contributed by atoms with Crippen LogP contribution in [0.2, 0.25) is 0 Å². The van der Waals surface area contributed by atoms with Gasteiger partial charge in [0, 0.05) is 0 Å². The van der Waals surface area contributed by atoms with Gasteiger partial charge in [0.15, 0.2) is 0 Å². The van der Waals surface area contributed by atoms with Gasteiger partial charge in [0.1, 0.15) is 11.4 Å². The van der Waals surface area contributed by atoms with Crippen molar-refractivity contribution in [2.24, 2.45) is 0 Å². The summed E-state index contributed by atoms with van der Waals surface area (Å²) in [6.45, 7) is 0. The van der Waals surface area contributed by atoms with E-state index in [0.717, 1.165) is 0 Å².